The molecule has 2 aliphatic rings. The van der Waals surface area contributed by atoms with Gasteiger partial charge < -0.3 is 19.5 Å². The molecule has 9 heteroatoms. The molecule has 0 spiro atoms. The topological polar surface area (TPSA) is 113 Å². The van der Waals surface area contributed by atoms with Gasteiger partial charge in [0.25, 0.3) is 12.0 Å². The third-order valence-corrected chi connectivity index (χ3v) is 6.07. The fraction of sp³-hybridized carbons (Fsp3) is 0.579. The van der Waals surface area contributed by atoms with Crippen LogP contribution < -0.4 is 14.7 Å². The van der Waals surface area contributed by atoms with Crippen molar-refractivity contribution in [2.75, 3.05) is 25.1 Å². The Morgan fingerprint density at radius 2 is 2.00 bits per heavy atom. The van der Waals surface area contributed by atoms with Crippen molar-refractivity contribution in [3.8, 4) is 5.75 Å². The number of methoxy groups -OCH3 is 1. The molecule has 2 amide bonds. The predicted molar refractivity (Wildman–Crippen MR) is 99.0 cm³/mol. The van der Waals surface area contributed by atoms with Crippen LogP contribution in [0.3, 0.4) is 0 Å². The number of carbonyl (C=O) groups excluding carboxylic acids is 2. The van der Waals surface area contributed by atoms with Crippen molar-refractivity contribution >= 4 is 23.4 Å². The van der Waals surface area contributed by atoms with Crippen LogP contribution in [0, 0.1) is 10.1 Å². The van der Waals surface area contributed by atoms with E-state index < -0.39 is 27.1 Å². The molecule has 0 aliphatic carbocycles. The highest BCUT2D eigenvalue weighted by Gasteiger charge is 2.56. The number of rotatable bonds is 3. The zero-order valence-corrected chi connectivity index (χ0v) is 16.6. The number of carboxylic acid groups (broad SMARTS) is 1. The van der Waals surface area contributed by atoms with Crippen LogP contribution in [0.1, 0.15) is 39.2 Å². The average molecular weight is 391 g/mol. The first-order chi connectivity index (χ1) is 13.0. The summed E-state index contributed by atoms with van der Waals surface area (Å²) >= 11 is 0. The second-order valence-electron chi connectivity index (χ2n) is 8.34. The lowest BCUT2D eigenvalue weighted by Crippen LogP contribution is -2.72. The molecule has 152 valence electrons. The van der Waals surface area contributed by atoms with Gasteiger partial charge in [-0.3, -0.25) is 19.4 Å². The first-order valence-electron chi connectivity index (χ1n) is 9.30. The van der Waals surface area contributed by atoms with Crippen molar-refractivity contribution in [3.63, 3.8) is 0 Å². The fourth-order valence-corrected chi connectivity index (χ4v) is 4.64. The average Bonchev–Trinajstić information content (AvgIpc) is 3.24. The second-order valence-corrected chi connectivity index (χ2v) is 8.34. The van der Waals surface area contributed by atoms with Crippen molar-refractivity contribution in [1.29, 1.82) is 0 Å². The highest BCUT2D eigenvalue weighted by Crippen LogP contribution is 2.42. The minimum atomic E-state index is -1.26. The van der Waals surface area contributed by atoms with Gasteiger partial charge in [0, 0.05) is 25.5 Å². The van der Waals surface area contributed by atoms with Gasteiger partial charge in [-0.2, -0.15) is 0 Å². The quantitative estimate of drug-likeness (QED) is 0.439. The van der Waals surface area contributed by atoms with E-state index in [0.717, 1.165) is 5.56 Å². The van der Waals surface area contributed by atoms with Gasteiger partial charge in [0.2, 0.25) is 0 Å². The van der Waals surface area contributed by atoms with E-state index in [1.165, 1.54) is 18.1 Å². The van der Waals surface area contributed by atoms with Gasteiger partial charge in [-0.05, 0) is 38.8 Å². The number of nitrogens with zero attached hydrogens (tertiary/aromatic N) is 3. The van der Waals surface area contributed by atoms with Crippen molar-refractivity contribution in [2.45, 2.75) is 51.6 Å². The molecule has 0 aromatic heterocycles. The van der Waals surface area contributed by atoms with E-state index in [0.29, 0.717) is 38.0 Å². The lowest BCUT2D eigenvalue weighted by molar-refractivity contribution is -0.922. The molecule has 2 aliphatic heterocycles. The molecular weight excluding hydrogens is 366 g/mol. The minimum Gasteiger partial charge on any atom is -0.498 e. The molecule has 0 N–H and O–H groups in total. The summed E-state index contributed by atoms with van der Waals surface area (Å²) in [5, 5.41) is 23.5. The van der Waals surface area contributed by atoms with Gasteiger partial charge >= 0.3 is 5.69 Å². The van der Waals surface area contributed by atoms with Crippen LogP contribution in [0.2, 0.25) is 0 Å². The summed E-state index contributed by atoms with van der Waals surface area (Å²) in [5.74, 6) is -0.177. The number of likely N-dealkylation sites (tertiary alicyclic amines) is 1. The Balaban J connectivity index is 2.03. The minimum absolute atomic E-state index is 0.147. The maximum Gasteiger partial charge on any atom is 0.313 e. The number of carbonyl (C=O) groups is 2. The van der Waals surface area contributed by atoms with E-state index in [1.54, 1.807) is 26.8 Å². The zero-order valence-electron chi connectivity index (χ0n) is 16.6. The normalized spacial score (nSPS) is 24.1. The largest absolute Gasteiger partial charge is 0.498 e. The SMILES string of the molecule is COc1cc2c(cc1[N+](=O)[O-])N(C(=O)[C@@H]1CCC[N+]1(C(=O)[O-])C(C)(C)C)CC2. The third-order valence-electron chi connectivity index (χ3n) is 6.07. The molecule has 1 fully saturated rings. The maximum atomic E-state index is 13.4. The lowest BCUT2D eigenvalue weighted by atomic mass is 9.99. The number of quaternary nitrogens is 1. The molecule has 0 radical (unpaired) electrons. The van der Waals surface area contributed by atoms with Crippen LogP contribution in [-0.4, -0.2) is 53.2 Å². The monoisotopic (exact) mass is 391 g/mol. The molecule has 1 aromatic carbocycles. The Kier molecular flexibility index (Phi) is 4.82. The van der Waals surface area contributed by atoms with Crippen molar-refractivity contribution in [3.05, 3.63) is 27.8 Å². The molecule has 3 rings (SSSR count). The predicted octanol–water partition coefficient (Wildman–Crippen LogP) is 1.61. The number of hydrogen-bond acceptors (Lipinski definition) is 6. The molecule has 28 heavy (non-hydrogen) atoms. The number of amides is 2. The first kappa shape index (κ1) is 20.1. The van der Waals surface area contributed by atoms with Crippen molar-refractivity contribution in [1.82, 2.24) is 0 Å². The molecule has 9 nitrogen and oxygen atoms in total. The fourth-order valence-electron chi connectivity index (χ4n) is 4.64. The number of hydrogen-bond donors (Lipinski definition) is 0. The molecule has 1 unspecified atom stereocenters. The van der Waals surface area contributed by atoms with Gasteiger partial charge in [-0.25, -0.2) is 0 Å². The van der Waals surface area contributed by atoms with Crippen LogP contribution in [0.15, 0.2) is 12.1 Å². The van der Waals surface area contributed by atoms with Crippen LogP contribution in [-0.2, 0) is 11.2 Å². The molecule has 0 saturated carbocycles. The zero-order chi connectivity index (χ0) is 20.9. The molecule has 1 saturated heterocycles. The number of fused-ring (bicyclic) bond motifs is 1. The number of nitro groups is 1. The summed E-state index contributed by atoms with van der Waals surface area (Å²) in [7, 11) is 1.36. The number of anilines is 1. The van der Waals surface area contributed by atoms with Crippen molar-refractivity contribution in [2.24, 2.45) is 0 Å². The highest BCUT2D eigenvalue weighted by molar-refractivity contribution is 5.99. The van der Waals surface area contributed by atoms with E-state index in [2.05, 4.69) is 0 Å². The van der Waals surface area contributed by atoms with E-state index in [1.807, 2.05) is 0 Å². The van der Waals surface area contributed by atoms with E-state index in [9.17, 15) is 24.8 Å². The maximum absolute atomic E-state index is 13.4. The second kappa shape index (κ2) is 6.73. The summed E-state index contributed by atoms with van der Waals surface area (Å²) in [5.41, 5.74) is 0.291. The number of ether oxygens (including phenoxy) is 1. The Bertz CT molecular complexity index is 847. The Labute approximate surface area is 163 Å². The van der Waals surface area contributed by atoms with E-state index in [-0.39, 0.29) is 17.3 Å². The van der Waals surface area contributed by atoms with E-state index in [4.69, 9.17) is 4.74 Å². The van der Waals surface area contributed by atoms with E-state index >= 15 is 0 Å². The third kappa shape index (κ3) is 2.81. The Morgan fingerprint density at radius 3 is 2.54 bits per heavy atom. The molecule has 2 atom stereocenters. The molecular formula is C19H25N3O6. The van der Waals surface area contributed by atoms with Gasteiger partial charge in [-0.1, -0.05) is 0 Å². The highest BCUT2D eigenvalue weighted by atomic mass is 16.6. The van der Waals surface area contributed by atoms with Crippen LogP contribution in [0.5, 0.6) is 5.75 Å². The van der Waals surface area contributed by atoms with Gasteiger partial charge in [0.1, 0.15) is 0 Å². The van der Waals surface area contributed by atoms with Crippen LogP contribution in [0.25, 0.3) is 0 Å². The summed E-state index contributed by atoms with van der Waals surface area (Å²) in [6.07, 6.45) is 0.311. The summed E-state index contributed by atoms with van der Waals surface area (Å²) in [4.78, 5) is 37.9. The molecule has 0 bridgehead atoms. The summed E-state index contributed by atoms with van der Waals surface area (Å²) in [6.45, 7) is 6.06. The number of benzene rings is 1. The van der Waals surface area contributed by atoms with Gasteiger partial charge in [-0.15, -0.1) is 0 Å². The summed E-state index contributed by atoms with van der Waals surface area (Å²) in [6, 6.07) is 2.15. The lowest BCUT2D eigenvalue weighted by Gasteiger charge is -2.49. The number of nitro benzene ring substituents is 1. The van der Waals surface area contributed by atoms with Gasteiger partial charge in [0.15, 0.2) is 11.8 Å². The van der Waals surface area contributed by atoms with Crippen LogP contribution in [0.4, 0.5) is 16.2 Å². The van der Waals surface area contributed by atoms with Crippen LogP contribution >= 0.6 is 0 Å². The first-order valence-corrected chi connectivity index (χ1v) is 9.30. The standard InChI is InChI=1S/C19H25N3O6/c1-19(2,3)22(18(24)25)9-5-6-15(22)17(23)20-8-7-12-10-16(28-4)14(21(26)27)11-13(12)20/h10-11,15H,5-9H2,1-4H3/t15-,22?/m0/s1. The van der Waals surface area contributed by atoms with Crippen molar-refractivity contribution < 1.29 is 28.8 Å². The Morgan fingerprint density at radius 1 is 1.32 bits per heavy atom. The molecule has 2 heterocycles. The summed E-state index contributed by atoms with van der Waals surface area (Å²) < 4.78 is 4.67. The smallest absolute Gasteiger partial charge is 0.313 e. The van der Waals surface area contributed by atoms with Gasteiger partial charge in [0.05, 0.1) is 29.8 Å². The Hall–Kier alpha value is -2.68. The molecule has 1 aromatic rings.